The highest BCUT2D eigenvalue weighted by molar-refractivity contribution is 7.89. The summed E-state index contributed by atoms with van der Waals surface area (Å²) in [5.74, 6) is 0. The lowest BCUT2D eigenvalue weighted by molar-refractivity contribution is 0.583. The minimum atomic E-state index is -3.75. The molecule has 0 spiro atoms. The first-order valence-corrected chi connectivity index (χ1v) is 11.6. The first-order valence-electron chi connectivity index (χ1n) is 8.67. The fourth-order valence-electron chi connectivity index (χ4n) is 2.36. The van der Waals surface area contributed by atoms with E-state index in [1.165, 1.54) is 36.7 Å². The summed E-state index contributed by atoms with van der Waals surface area (Å²) in [6, 6.07) is 22.6. The lowest BCUT2D eigenvalue weighted by atomic mass is 10.1. The van der Waals surface area contributed by atoms with Crippen molar-refractivity contribution in [3.63, 3.8) is 0 Å². The van der Waals surface area contributed by atoms with Crippen LogP contribution in [0.15, 0.2) is 105 Å². The van der Waals surface area contributed by atoms with E-state index in [9.17, 15) is 16.8 Å². The van der Waals surface area contributed by atoms with Crippen molar-refractivity contribution in [2.75, 3.05) is 0 Å². The van der Waals surface area contributed by atoms with Gasteiger partial charge in [-0.3, -0.25) is 0 Å². The lowest BCUT2D eigenvalue weighted by Gasteiger charge is -2.03. The van der Waals surface area contributed by atoms with Crippen LogP contribution in [0.25, 0.3) is 0 Å². The smallest absolute Gasteiger partial charge is 0.200 e. The van der Waals surface area contributed by atoms with Crippen LogP contribution >= 0.6 is 0 Å². The molecule has 0 aromatic heterocycles. The van der Waals surface area contributed by atoms with Gasteiger partial charge in [-0.15, -0.1) is 0 Å². The molecule has 0 unspecified atom stereocenters. The van der Waals surface area contributed by atoms with Crippen LogP contribution in [0.2, 0.25) is 0 Å². The molecule has 0 bridgehead atoms. The zero-order valence-corrected chi connectivity index (χ0v) is 17.2. The predicted octanol–water partition coefficient (Wildman–Crippen LogP) is 2.31. The summed E-state index contributed by atoms with van der Waals surface area (Å²) in [4.78, 5) is 4.49. The van der Waals surface area contributed by atoms with Crippen LogP contribution in [0.3, 0.4) is 0 Å². The largest absolute Gasteiger partial charge is 0.276 e. The van der Waals surface area contributed by atoms with Crippen LogP contribution in [0.1, 0.15) is 11.1 Å². The molecule has 0 radical (unpaired) electrons. The molecule has 3 aromatic rings. The minimum Gasteiger partial charge on any atom is -0.200 e. The van der Waals surface area contributed by atoms with E-state index < -0.39 is 20.0 Å². The molecular formula is C20H18N4O4S2. The van der Waals surface area contributed by atoms with Gasteiger partial charge < -0.3 is 0 Å². The fraction of sp³-hybridized carbons (Fsp3) is 0. The number of nitrogens with one attached hydrogen (secondary N) is 2. The molecule has 2 N–H and O–H groups in total. The molecule has 10 heteroatoms. The molecule has 0 amide bonds. The lowest BCUT2D eigenvalue weighted by Crippen LogP contribution is -2.18. The Kier molecular flexibility index (Phi) is 6.60. The van der Waals surface area contributed by atoms with E-state index in [2.05, 4.69) is 19.9 Å². The number of rotatable bonds is 8. The summed E-state index contributed by atoms with van der Waals surface area (Å²) in [6.07, 6.45) is 2.68. The van der Waals surface area contributed by atoms with Crippen molar-refractivity contribution in [3.05, 3.63) is 96.1 Å². The molecule has 0 fully saturated rings. The SMILES string of the molecule is O=S(=O)(NN=Cc1cccc(C=NNS(=O)(=O)c2ccccc2)c1)c1ccccc1. The monoisotopic (exact) mass is 442 g/mol. The summed E-state index contributed by atoms with van der Waals surface area (Å²) in [7, 11) is -7.50. The normalized spacial score (nSPS) is 12.3. The Labute approximate surface area is 175 Å². The first kappa shape index (κ1) is 21.2. The van der Waals surface area contributed by atoms with Gasteiger partial charge in [0.05, 0.1) is 22.2 Å². The van der Waals surface area contributed by atoms with Crippen molar-refractivity contribution in [1.82, 2.24) is 9.66 Å². The Bertz CT molecular complexity index is 1160. The van der Waals surface area contributed by atoms with Crippen molar-refractivity contribution in [1.29, 1.82) is 0 Å². The molecule has 8 nitrogen and oxygen atoms in total. The zero-order chi connectivity index (χ0) is 21.5. The van der Waals surface area contributed by atoms with Gasteiger partial charge in [-0.05, 0) is 41.5 Å². The van der Waals surface area contributed by atoms with Crippen molar-refractivity contribution in [2.45, 2.75) is 9.79 Å². The average Bonchev–Trinajstić information content (AvgIpc) is 2.75. The quantitative estimate of drug-likeness (QED) is 0.411. The summed E-state index contributed by atoms with van der Waals surface area (Å²) in [5, 5.41) is 7.54. The second kappa shape index (κ2) is 9.33. The van der Waals surface area contributed by atoms with Crippen LogP contribution < -0.4 is 9.66 Å². The van der Waals surface area contributed by atoms with E-state index in [0.717, 1.165) is 0 Å². The van der Waals surface area contributed by atoms with Crippen molar-refractivity contribution >= 4 is 32.5 Å². The molecule has 0 aliphatic carbocycles. The van der Waals surface area contributed by atoms with Gasteiger partial charge in [0.1, 0.15) is 0 Å². The van der Waals surface area contributed by atoms with E-state index in [4.69, 9.17) is 0 Å². The molecule has 154 valence electrons. The minimum absolute atomic E-state index is 0.105. The first-order chi connectivity index (χ1) is 14.4. The van der Waals surface area contributed by atoms with Gasteiger partial charge in [-0.25, -0.2) is 9.66 Å². The topological polar surface area (TPSA) is 117 Å². The fourth-order valence-corrected chi connectivity index (χ4v) is 3.99. The molecule has 0 aliphatic rings. The van der Waals surface area contributed by atoms with E-state index in [-0.39, 0.29) is 9.79 Å². The molecule has 30 heavy (non-hydrogen) atoms. The van der Waals surface area contributed by atoms with E-state index >= 15 is 0 Å². The number of nitrogens with zero attached hydrogens (tertiary/aromatic N) is 2. The number of hydrazone groups is 2. The molecule has 0 aliphatic heterocycles. The van der Waals surface area contributed by atoms with Gasteiger partial charge >= 0.3 is 0 Å². The third-order valence-electron chi connectivity index (χ3n) is 3.79. The Morgan fingerprint density at radius 1 is 0.567 bits per heavy atom. The Morgan fingerprint density at radius 2 is 0.967 bits per heavy atom. The Balaban J connectivity index is 1.65. The highest BCUT2D eigenvalue weighted by Gasteiger charge is 2.12. The maximum Gasteiger partial charge on any atom is 0.276 e. The molecule has 0 heterocycles. The van der Waals surface area contributed by atoms with Gasteiger partial charge in [0, 0.05) is 0 Å². The second-order valence-corrected chi connectivity index (χ2v) is 9.32. The summed E-state index contributed by atoms with van der Waals surface area (Å²) >= 11 is 0. The summed E-state index contributed by atoms with van der Waals surface area (Å²) < 4.78 is 48.5. The van der Waals surface area contributed by atoms with Crippen LogP contribution in [0, 0.1) is 0 Å². The number of hydrogen-bond donors (Lipinski definition) is 2. The van der Waals surface area contributed by atoms with Crippen molar-refractivity contribution in [2.24, 2.45) is 10.2 Å². The zero-order valence-electron chi connectivity index (χ0n) is 15.6. The van der Waals surface area contributed by atoms with E-state index in [1.54, 1.807) is 60.7 Å². The maximum atomic E-state index is 12.1. The molecular weight excluding hydrogens is 424 g/mol. The number of hydrogen-bond acceptors (Lipinski definition) is 6. The van der Waals surface area contributed by atoms with Crippen LogP contribution in [-0.4, -0.2) is 29.3 Å². The third-order valence-corrected chi connectivity index (χ3v) is 6.27. The van der Waals surface area contributed by atoms with Crippen LogP contribution in [0.4, 0.5) is 0 Å². The van der Waals surface area contributed by atoms with Gasteiger partial charge in [-0.1, -0.05) is 54.6 Å². The van der Waals surface area contributed by atoms with Crippen LogP contribution in [-0.2, 0) is 20.0 Å². The predicted molar refractivity (Wildman–Crippen MR) is 115 cm³/mol. The van der Waals surface area contributed by atoms with Crippen molar-refractivity contribution in [3.8, 4) is 0 Å². The molecule has 3 rings (SSSR count). The van der Waals surface area contributed by atoms with E-state index in [0.29, 0.717) is 11.1 Å². The summed E-state index contributed by atoms with van der Waals surface area (Å²) in [5.41, 5.74) is 1.20. The molecule has 0 saturated carbocycles. The maximum absolute atomic E-state index is 12.1. The van der Waals surface area contributed by atoms with Gasteiger partial charge in [-0.2, -0.15) is 27.0 Å². The summed E-state index contributed by atoms with van der Waals surface area (Å²) in [6.45, 7) is 0. The van der Waals surface area contributed by atoms with Crippen LogP contribution in [0.5, 0.6) is 0 Å². The number of sulfonamides is 2. The third kappa shape index (κ3) is 5.75. The molecule has 0 atom stereocenters. The van der Waals surface area contributed by atoms with Crippen molar-refractivity contribution < 1.29 is 16.8 Å². The van der Waals surface area contributed by atoms with Gasteiger partial charge in [0.15, 0.2) is 0 Å². The molecule has 3 aromatic carbocycles. The highest BCUT2D eigenvalue weighted by atomic mass is 32.2. The van der Waals surface area contributed by atoms with E-state index in [1.807, 2.05) is 0 Å². The Morgan fingerprint density at radius 3 is 1.37 bits per heavy atom. The Hall–Kier alpha value is -3.50. The second-order valence-electron chi connectivity index (χ2n) is 6.00. The molecule has 0 saturated heterocycles. The van der Waals surface area contributed by atoms with Gasteiger partial charge in [0.2, 0.25) is 0 Å². The average molecular weight is 443 g/mol. The number of benzene rings is 3. The van der Waals surface area contributed by atoms with Gasteiger partial charge in [0.25, 0.3) is 20.0 Å². The highest BCUT2D eigenvalue weighted by Crippen LogP contribution is 2.08. The standard InChI is InChI=1S/C20H18N4O4S2/c25-29(26,19-10-3-1-4-11-19)23-21-15-17-8-7-9-18(14-17)16-22-24-30(27,28)20-12-5-2-6-13-20/h1-16,23-24H.